The summed E-state index contributed by atoms with van der Waals surface area (Å²) in [5.41, 5.74) is 1.06. The van der Waals surface area contributed by atoms with Crippen LogP contribution >= 0.6 is 11.6 Å². The molecule has 0 bridgehead atoms. The fourth-order valence-corrected chi connectivity index (χ4v) is 2.13. The average molecular weight is 211 g/mol. The number of alkyl halides is 1. The zero-order chi connectivity index (χ0) is 9.90. The number of hydrogen-bond donors (Lipinski definition) is 1. The molecule has 1 aromatic carbocycles. The Morgan fingerprint density at radius 2 is 2.08 bits per heavy atom. The van der Waals surface area contributed by atoms with Crippen LogP contribution in [0.3, 0.4) is 0 Å². The number of halogens is 1. The van der Waals surface area contributed by atoms with Crippen LogP contribution in [-0.2, 0) is 5.00 Å². The Labute approximate surface area is 87.9 Å². The molecule has 1 unspecified atom stereocenters. The third-order valence-corrected chi connectivity index (χ3v) is 2.71. The van der Waals surface area contributed by atoms with E-state index >= 15 is 0 Å². The first-order valence-corrected chi connectivity index (χ1v) is 5.20. The highest BCUT2D eigenvalue weighted by Crippen LogP contribution is 2.22. The standard InChI is InChI=1S/C10H13ClNSi/c1-3-12-10(2,11)8-6-4-5-7-9(8)13/h4-7,12H,3H2,1-2H3. The van der Waals surface area contributed by atoms with Crippen LogP contribution in [0.5, 0.6) is 0 Å². The van der Waals surface area contributed by atoms with Gasteiger partial charge in [-0.2, -0.15) is 0 Å². The lowest BCUT2D eigenvalue weighted by atomic mass is 10.1. The van der Waals surface area contributed by atoms with Crippen LogP contribution in [0, 0.1) is 0 Å². The Balaban J connectivity index is 2.99. The molecule has 1 N–H and O–H groups in total. The summed E-state index contributed by atoms with van der Waals surface area (Å²) in [4.78, 5) is -0.493. The number of rotatable bonds is 3. The van der Waals surface area contributed by atoms with Gasteiger partial charge in [-0.05, 0) is 19.0 Å². The maximum absolute atomic E-state index is 6.32. The maximum Gasteiger partial charge on any atom is 0.116 e. The summed E-state index contributed by atoms with van der Waals surface area (Å²) in [6, 6.07) is 7.96. The number of nitrogens with one attached hydrogen (secondary N) is 1. The molecule has 13 heavy (non-hydrogen) atoms. The van der Waals surface area contributed by atoms with Gasteiger partial charge in [-0.1, -0.05) is 48.0 Å². The molecule has 0 aliphatic rings. The monoisotopic (exact) mass is 210 g/mol. The molecule has 0 fully saturated rings. The van der Waals surface area contributed by atoms with E-state index in [1.807, 2.05) is 38.1 Å². The molecule has 0 aromatic heterocycles. The first kappa shape index (κ1) is 10.8. The first-order chi connectivity index (χ1) is 6.08. The van der Waals surface area contributed by atoms with Gasteiger partial charge in [-0.15, -0.1) is 0 Å². The molecule has 3 heteroatoms. The van der Waals surface area contributed by atoms with Crippen molar-refractivity contribution in [3.05, 3.63) is 29.8 Å². The quantitative estimate of drug-likeness (QED) is 0.453. The fourth-order valence-electron chi connectivity index (χ4n) is 1.32. The molecule has 0 heterocycles. The summed E-state index contributed by atoms with van der Waals surface area (Å²) < 4.78 is 0. The normalized spacial score (nSPS) is 15.4. The van der Waals surface area contributed by atoms with Crippen molar-refractivity contribution in [1.82, 2.24) is 5.32 Å². The van der Waals surface area contributed by atoms with Gasteiger partial charge in [-0.25, -0.2) is 0 Å². The van der Waals surface area contributed by atoms with Crippen LogP contribution in [-0.4, -0.2) is 16.8 Å². The second-order valence-electron chi connectivity index (χ2n) is 3.08. The predicted molar refractivity (Wildman–Crippen MR) is 58.7 cm³/mol. The Kier molecular flexibility index (Phi) is 3.53. The highest BCUT2D eigenvalue weighted by molar-refractivity contribution is 6.35. The van der Waals surface area contributed by atoms with E-state index in [9.17, 15) is 0 Å². The van der Waals surface area contributed by atoms with Gasteiger partial charge in [0.15, 0.2) is 0 Å². The Morgan fingerprint density at radius 3 is 2.62 bits per heavy atom. The molecule has 1 atom stereocenters. The molecule has 0 spiro atoms. The lowest BCUT2D eigenvalue weighted by molar-refractivity contribution is 0.534. The third kappa shape index (κ3) is 2.56. The summed E-state index contributed by atoms with van der Waals surface area (Å²) in [5, 5.41) is 4.24. The van der Waals surface area contributed by atoms with Crippen molar-refractivity contribution in [3.8, 4) is 0 Å². The van der Waals surface area contributed by atoms with Crippen LogP contribution in [0.1, 0.15) is 19.4 Å². The molecule has 0 aliphatic carbocycles. The minimum absolute atomic E-state index is 0.493. The van der Waals surface area contributed by atoms with Crippen molar-refractivity contribution < 1.29 is 0 Å². The second kappa shape index (κ2) is 4.27. The van der Waals surface area contributed by atoms with Crippen molar-refractivity contribution >= 4 is 27.0 Å². The van der Waals surface area contributed by atoms with E-state index in [0.717, 1.165) is 17.3 Å². The zero-order valence-corrected chi connectivity index (χ0v) is 9.65. The topological polar surface area (TPSA) is 12.0 Å². The van der Waals surface area contributed by atoms with Gasteiger partial charge in [0.25, 0.3) is 0 Å². The molecule has 69 valence electrons. The number of hydrogen-bond acceptors (Lipinski definition) is 1. The first-order valence-electron chi connectivity index (χ1n) is 4.33. The lowest BCUT2D eigenvalue weighted by Gasteiger charge is -2.25. The van der Waals surface area contributed by atoms with Gasteiger partial charge in [0.05, 0.1) is 10.2 Å². The van der Waals surface area contributed by atoms with Crippen LogP contribution in [0.2, 0.25) is 0 Å². The van der Waals surface area contributed by atoms with Gasteiger partial charge in [0.2, 0.25) is 0 Å². The molecular formula is C10H13ClNSi. The predicted octanol–water partition coefficient (Wildman–Crippen LogP) is 1.50. The summed E-state index contributed by atoms with van der Waals surface area (Å²) >= 11 is 6.32. The largest absolute Gasteiger partial charge is 0.296 e. The van der Waals surface area contributed by atoms with E-state index in [1.165, 1.54) is 0 Å². The third-order valence-electron chi connectivity index (χ3n) is 1.94. The van der Waals surface area contributed by atoms with Crippen molar-refractivity contribution in [1.29, 1.82) is 0 Å². The van der Waals surface area contributed by atoms with Crippen molar-refractivity contribution in [2.75, 3.05) is 6.54 Å². The summed E-state index contributed by atoms with van der Waals surface area (Å²) in [7, 11) is 3.53. The highest BCUT2D eigenvalue weighted by atomic mass is 35.5. The molecule has 1 nitrogen and oxygen atoms in total. The van der Waals surface area contributed by atoms with Gasteiger partial charge in [0, 0.05) is 0 Å². The van der Waals surface area contributed by atoms with E-state index in [1.54, 1.807) is 0 Å². The lowest BCUT2D eigenvalue weighted by Crippen LogP contribution is -2.37. The van der Waals surface area contributed by atoms with Gasteiger partial charge < -0.3 is 0 Å². The maximum atomic E-state index is 6.32. The van der Waals surface area contributed by atoms with Crippen molar-refractivity contribution in [3.63, 3.8) is 0 Å². The minimum atomic E-state index is -0.493. The molecule has 0 aliphatic heterocycles. The van der Waals surface area contributed by atoms with Gasteiger partial charge in [-0.3, -0.25) is 5.32 Å². The Morgan fingerprint density at radius 1 is 1.46 bits per heavy atom. The highest BCUT2D eigenvalue weighted by Gasteiger charge is 2.22. The van der Waals surface area contributed by atoms with E-state index in [-0.39, 0.29) is 0 Å². The second-order valence-corrected chi connectivity index (χ2v) is 4.37. The summed E-state index contributed by atoms with van der Waals surface area (Å²) in [6.07, 6.45) is 0. The Bertz CT molecular complexity index is 286. The van der Waals surface area contributed by atoms with E-state index < -0.39 is 5.00 Å². The van der Waals surface area contributed by atoms with Crippen molar-refractivity contribution in [2.45, 2.75) is 18.8 Å². The number of benzene rings is 1. The van der Waals surface area contributed by atoms with E-state index in [0.29, 0.717) is 0 Å². The smallest absolute Gasteiger partial charge is 0.116 e. The Hall–Kier alpha value is -0.313. The molecule has 1 aromatic rings. The van der Waals surface area contributed by atoms with Crippen LogP contribution in [0.4, 0.5) is 0 Å². The van der Waals surface area contributed by atoms with Gasteiger partial charge >= 0.3 is 0 Å². The molecule has 1 rings (SSSR count). The van der Waals surface area contributed by atoms with Crippen LogP contribution in [0.15, 0.2) is 24.3 Å². The fraction of sp³-hybridized carbons (Fsp3) is 0.400. The summed E-state index contributed by atoms with van der Waals surface area (Å²) in [5.74, 6) is 0. The molecule has 0 saturated heterocycles. The average Bonchev–Trinajstić information content (AvgIpc) is 2.04. The zero-order valence-electron chi connectivity index (χ0n) is 7.89. The molecule has 3 radical (unpaired) electrons. The summed E-state index contributed by atoms with van der Waals surface area (Å²) in [6.45, 7) is 4.84. The van der Waals surface area contributed by atoms with Gasteiger partial charge in [0.1, 0.15) is 5.00 Å². The molecule has 0 saturated carbocycles. The van der Waals surface area contributed by atoms with Crippen LogP contribution in [0.25, 0.3) is 0 Å². The van der Waals surface area contributed by atoms with E-state index in [2.05, 4.69) is 15.6 Å². The van der Waals surface area contributed by atoms with Crippen LogP contribution < -0.4 is 10.5 Å². The molecular weight excluding hydrogens is 198 g/mol. The SMILES string of the molecule is CCNC(C)(Cl)c1ccccc1[Si]. The van der Waals surface area contributed by atoms with E-state index in [4.69, 9.17) is 11.6 Å². The van der Waals surface area contributed by atoms with Crippen molar-refractivity contribution in [2.24, 2.45) is 0 Å². The minimum Gasteiger partial charge on any atom is -0.296 e. The molecule has 0 amide bonds.